The second kappa shape index (κ2) is 3.17. The van der Waals surface area contributed by atoms with E-state index in [1.165, 1.54) is 18.6 Å². The largest absolute Gasteiger partial charge is 0.303 e. The van der Waals surface area contributed by atoms with Crippen molar-refractivity contribution >= 4 is 5.71 Å². The molecule has 13 heavy (non-hydrogen) atoms. The number of fused-ring (bicyclic) bond motifs is 2. The lowest BCUT2D eigenvalue weighted by Gasteiger charge is -2.19. The van der Waals surface area contributed by atoms with Crippen molar-refractivity contribution in [3.63, 3.8) is 0 Å². The molecule has 0 aromatic heterocycles. The van der Waals surface area contributed by atoms with E-state index in [9.17, 15) is 0 Å². The number of hydrogen-bond donors (Lipinski definition) is 0. The summed E-state index contributed by atoms with van der Waals surface area (Å²) in [5.74, 6) is 2.36. The fourth-order valence-corrected chi connectivity index (χ4v) is 2.65. The minimum Gasteiger partial charge on any atom is -0.303 e. The molecule has 0 amide bonds. The molecular weight excluding hydrogens is 160 g/mol. The monoisotopic (exact) mass is 178 g/mol. The van der Waals surface area contributed by atoms with E-state index in [1.807, 2.05) is 19.1 Å². The van der Waals surface area contributed by atoms with E-state index in [-0.39, 0.29) is 0 Å². The normalized spacial score (nSPS) is 37.2. The van der Waals surface area contributed by atoms with Gasteiger partial charge in [0.1, 0.15) is 0 Å². The Morgan fingerprint density at radius 1 is 1.31 bits per heavy atom. The molecule has 2 aliphatic rings. The Hall–Kier alpha value is -0.790. The molecular formula is C11H18N2. The molecule has 2 heteroatoms. The Balaban J connectivity index is 2.07. The summed E-state index contributed by atoms with van der Waals surface area (Å²) >= 11 is 0. The number of hydrazone groups is 1. The van der Waals surface area contributed by atoms with Gasteiger partial charge in [0.15, 0.2) is 0 Å². The Labute approximate surface area is 80.3 Å². The van der Waals surface area contributed by atoms with Gasteiger partial charge in [0.05, 0.1) is 0 Å². The van der Waals surface area contributed by atoms with Gasteiger partial charge in [-0.2, -0.15) is 5.10 Å². The van der Waals surface area contributed by atoms with Gasteiger partial charge in [0.2, 0.25) is 0 Å². The van der Waals surface area contributed by atoms with Crippen LogP contribution >= 0.6 is 0 Å². The predicted octanol–water partition coefficient (Wildman–Crippen LogP) is 2.14. The number of hydrogen-bond acceptors (Lipinski definition) is 2. The highest BCUT2D eigenvalue weighted by molar-refractivity contribution is 5.85. The average Bonchev–Trinajstić information content (AvgIpc) is 2.62. The van der Waals surface area contributed by atoms with Crippen LogP contribution in [-0.4, -0.2) is 24.8 Å². The van der Waals surface area contributed by atoms with Gasteiger partial charge < -0.3 is 5.01 Å². The smallest absolute Gasteiger partial charge is 0.0386 e. The molecule has 72 valence electrons. The van der Waals surface area contributed by atoms with Gasteiger partial charge >= 0.3 is 0 Å². The third kappa shape index (κ3) is 1.62. The van der Waals surface area contributed by atoms with Crippen LogP contribution in [-0.2, 0) is 0 Å². The zero-order valence-corrected chi connectivity index (χ0v) is 8.70. The Bertz CT molecular complexity index is 253. The molecule has 2 aliphatic carbocycles. The molecule has 3 atom stereocenters. The Morgan fingerprint density at radius 3 is 2.54 bits per heavy atom. The first-order chi connectivity index (χ1) is 6.16. The van der Waals surface area contributed by atoms with Crippen LogP contribution < -0.4 is 0 Å². The zero-order valence-electron chi connectivity index (χ0n) is 8.70. The number of rotatable bonds is 2. The molecule has 0 aliphatic heterocycles. The molecule has 0 heterocycles. The molecule has 0 N–H and O–H groups in total. The SMILES string of the molecule is C/C(=N\N(C)C)C1CC2C=CC1C2. The van der Waals surface area contributed by atoms with Gasteiger partial charge in [0, 0.05) is 25.7 Å². The molecule has 0 radical (unpaired) electrons. The van der Waals surface area contributed by atoms with Gasteiger partial charge in [-0.1, -0.05) is 12.2 Å². The van der Waals surface area contributed by atoms with Crippen molar-refractivity contribution in [2.75, 3.05) is 14.1 Å². The maximum absolute atomic E-state index is 4.49. The molecule has 0 saturated heterocycles. The zero-order chi connectivity index (χ0) is 9.42. The number of allylic oxidation sites excluding steroid dienone is 2. The van der Waals surface area contributed by atoms with Crippen LogP contribution in [0.25, 0.3) is 0 Å². The van der Waals surface area contributed by atoms with E-state index >= 15 is 0 Å². The van der Waals surface area contributed by atoms with Crippen LogP contribution in [0.1, 0.15) is 19.8 Å². The van der Waals surface area contributed by atoms with Gasteiger partial charge in [-0.3, -0.25) is 0 Å². The quantitative estimate of drug-likeness (QED) is 0.359. The highest BCUT2D eigenvalue weighted by Crippen LogP contribution is 2.43. The summed E-state index contributed by atoms with van der Waals surface area (Å²) in [6.45, 7) is 2.17. The summed E-state index contributed by atoms with van der Waals surface area (Å²) in [6, 6.07) is 0. The van der Waals surface area contributed by atoms with E-state index in [1.54, 1.807) is 0 Å². The highest BCUT2D eigenvalue weighted by Gasteiger charge is 2.37. The van der Waals surface area contributed by atoms with E-state index in [0.717, 1.165) is 17.8 Å². The van der Waals surface area contributed by atoms with Crippen molar-refractivity contribution in [3.05, 3.63) is 12.2 Å². The Morgan fingerprint density at radius 2 is 2.08 bits per heavy atom. The topological polar surface area (TPSA) is 15.6 Å². The van der Waals surface area contributed by atoms with Crippen molar-refractivity contribution in [2.45, 2.75) is 19.8 Å². The molecule has 3 unspecified atom stereocenters. The molecule has 0 aromatic carbocycles. The minimum atomic E-state index is 0.720. The van der Waals surface area contributed by atoms with E-state index in [4.69, 9.17) is 0 Å². The fourth-order valence-electron chi connectivity index (χ4n) is 2.65. The van der Waals surface area contributed by atoms with Crippen LogP contribution in [0.4, 0.5) is 0 Å². The molecule has 2 rings (SSSR count). The van der Waals surface area contributed by atoms with Crippen LogP contribution in [0.15, 0.2) is 17.3 Å². The van der Waals surface area contributed by atoms with Crippen molar-refractivity contribution < 1.29 is 0 Å². The van der Waals surface area contributed by atoms with Gasteiger partial charge in [0.25, 0.3) is 0 Å². The maximum atomic E-state index is 4.49. The first kappa shape index (κ1) is 8.79. The summed E-state index contributed by atoms with van der Waals surface area (Å²) in [7, 11) is 3.99. The Kier molecular flexibility index (Phi) is 2.14. The third-order valence-electron chi connectivity index (χ3n) is 3.17. The van der Waals surface area contributed by atoms with Crippen LogP contribution in [0.3, 0.4) is 0 Å². The minimum absolute atomic E-state index is 0.720. The summed E-state index contributed by atoms with van der Waals surface area (Å²) in [5, 5.41) is 6.40. The second-order valence-corrected chi connectivity index (χ2v) is 4.48. The van der Waals surface area contributed by atoms with E-state index in [2.05, 4.69) is 24.2 Å². The molecule has 0 spiro atoms. The number of nitrogens with zero attached hydrogens (tertiary/aromatic N) is 2. The van der Waals surface area contributed by atoms with Crippen molar-refractivity contribution in [3.8, 4) is 0 Å². The van der Waals surface area contributed by atoms with E-state index < -0.39 is 0 Å². The first-order valence-corrected chi connectivity index (χ1v) is 5.07. The first-order valence-electron chi connectivity index (χ1n) is 5.07. The van der Waals surface area contributed by atoms with Crippen LogP contribution in [0.5, 0.6) is 0 Å². The summed E-state index contributed by atoms with van der Waals surface area (Å²) in [4.78, 5) is 0. The summed E-state index contributed by atoms with van der Waals surface area (Å²) < 4.78 is 0. The molecule has 1 fully saturated rings. The fraction of sp³-hybridized carbons (Fsp3) is 0.727. The highest BCUT2D eigenvalue weighted by atomic mass is 15.4. The third-order valence-corrected chi connectivity index (χ3v) is 3.17. The molecule has 1 saturated carbocycles. The molecule has 2 nitrogen and oxygen atoms in total. The lowest BCUT2D eigenvalue weighted by atomic mass is 9.90. The van der Waals surface area contributed by atoms with Crippen molar-refractivity contribution in [2.24, 2.45) is 22.9 Å². The predicted molar refractivity (Wildman–Crippen MR) is 55.6 cm³/mol. The lowest BCUT2D eigenvalue weighted by Crippen LogP contribution is -2.19. The lowest BCUT2D eigenvalue weighted by molar-refractivity contribution is 0.427. The average molecular weight is 178 g/mol. The van der Waals surface area contributed by atoms with Crippen molar-refractivity contribution in [1.29, 1.82) is 0 Å². The summed E-state index contributed by atoms with van der Waals surface area (Å²) in [5.41, 5.74) is 1.31. The van der Waals surface area contributed by atoms with Crippen molar-refractivity contribution in [1.82, 2.24) is 5.01 Å². The second-order valence-electron chi connectivity index (χ2n) is 4.48. The standard InChI is InChI=1S/C11H18N2/c1-8(12-13(2)3)11-7-9-4-5-10(11)6-9/h4-5,9-11H,6-7H2,1-3H3/b12-8+. The van der Waals surface area contributed by atoms with Crippen LogP contribution in [0.2, 0.25) is 0 Å². The van der Waals surface area contributed by atoms with Gasteiger partial charge in [-0.25, -0.2) is 0 Å². The summed E-state index contributed by atoms with van der Waals surface area (Å²) in [6.07, 6.45) is 7.45. The van der Waals surface area contributed by atoms with Gasteiger partial charge in [-0.15, -0.1) is 0 Å². The van der Waals surface area contributed by atoms with E-state index in [0.29, 0.717) is 0 Å². The maximum Gasteiger partial charge on any atom is 0.0386 e. The van der Waals surface area contributed by atoms with Gasteiger partial charge in [-0.05, 0) is 31.6 Å². The molecule has 2 bridgehead atoms. The van der Waals surface area contributed by atoms with Crippen LogP contribution in [0, 0.1) is 17.8 Å². The molecule has 0 aromatic rings.